The number of hydrogen-bond donors (Lipinski definition) is 1. The van der Waals surface area contributed by atoms with Crippen LogP contribution in [0.5, 0.6) is 0 Å². The van der Waals surface area contributed by atoms with Crippen molar-refractivity contribution in [3.05, 3.63) is 0 Å². The third-order valence-corrected chi connectivity index (χ3v) is 5.28. The number of nitrogens with one attached hydrogen (secondary N) is 1. The van der Waals surface area contributed by atoms with Crippen molar-refractivity contribution in [1.29, 1.82) is 0 Å². The summed E-state index contributed by atoms with van der Waals surface area (Å²) in [6, 6.07) is 0.0648. The highest BCUT2D eigenvalue weighted by molar-refractivity contribution is 4.90. The summed E-state index contributed by atoms with van der Waals surface area (Å²) >= 11 is 0. The van der Waals surface area contributed by atoms with E-state index in [4.69, 9.17) is 0 Å². The van der Waals surface area contributed by atoms with Gasteiger partial charge in [-0.15, -0.1) is 0 Å². The first-order chi connectivity index (χ1) is 9.52. The molecule has 0 aromatic rings. The third-order valence-electron chi connectivity index (χ3n) is 5.28. The molecule has 2 fully saturated rings. The summed E-state index contributed by atoms with van der Waals surface area (Å²) in [5.74, 6) is -0.638. The van der Waals surface area contributed by atoms with E-state index in [2.05, 4.69) is 5.32 Å². The van der Waals surface area contributed by atoms with E-state index in [0.29, 0.717) is 12.3 Å². The summed E-state index contributed by atoms with van der Waals surface area (Å²) in [6.45, 7) is 2.78. The van der Waals surface area contributed by atoms with Crippen LogP contribution in [0.15, 0.2) is 0 Å². The van der Waals surface area contributed by atoms with Crippen molar-refractivity contribution in [3.8, 4) is 0 Å². The minimum atomic E-state index is -4.02. The molecule has 0 spiro atoms. The van der Waals surface area contributed by atoms with Gasteiger partial charge in [0.2, 0.25) is 0 Å². The average Bonchev–Trinajstić information content (AvgIpc) is 2.90. The van der Waals surface area contributed by atoms with Gasteiger partial charge in [-0.2, -0.15) is 13.2 Å². The van der Waals surface area contributed by atoms with Crippen LogP contribution in [-0.4, -0.2) is 18.8 Å². The number of halogens is 3. The van der Waals surface area contributed by atoms with Crippen LogP contribution in [0, 0.1) is 17.8 Å². The van der Waals surface area contributed by atoms with Gasteiger partial charge >= 0.3 is 6.18 Å². The molecule has 0 aliphatic heterocycles. The summed E-state index contributed by atoms with van der Waals surface area (Å²) in [5, 5.41) is 3.38. The summed E-state index contributed by atoms with van der Waals surface area (Å²) in [4.78, 5) is 0. The Labute approximate surface area is 120 Å². The Morgan fingerprint density at radius 1 is 1.00 bits per heavy atom. The van der Waals surface area contributed by atoms with Crippen LogP contribution in [-0.2, 0) is 0 Å². The maximum atomic E-state index is 13.3. The molecular weight excluding hydrogens is 263 g/mol. The number of rotatable bonds is 5. The predicted octanol–water partition coefficient (Wildman–Crippen LogP) is 4.91. The molecule has 0 radical (unpaired) electrons. The molecule has 0 aromatic heterocycles. The van der Waals surface area contributed by atoms with E-state index in [0.717, 1.165) is 32.2 Å². The maximum Gasteiger partial charge on any atom is 0.392 e. The van der Waals surface area contributed by atoms with Crippen LogP contribution in [0.2, 0.25) is 0 Å². The molecule has 3 atom stereocenters. The lowest BCUT2D eigenvalue weighted by atomic mass is 9.72. The van der Waals surface area contributed by atoms with Gasteiger partial charge in [-0.05, 0) is 37.6 Å². The minimum Gasteiger partial charge on any atom is -0.314 e. The first kappa shape index (κ1) is 16.1. The average molecular weight is 291 g/mol. The molecule has 0 saturated heterocycles. The number of hydrogen-bond acceptors (Lipinski definition) is 1. The highest BCUT2D eigenvalue weighted by Gasteiger charge is 2.47. The second kappa shape index (κ2) is 7.15. The van der Waals surface area contributed by atoms with Gasteiger partial charge < -0.3 is 5.32 Å². The molecule has 20 heavy (non-hydrogen) atoms. The summed E-state index contributed by atoms with van der Waals surface area (Å²) in [7, 11) is 0. The van der Waals surface area contributed by atoms with Gasteiger partial charge in [0, 0.05) is 6.04 Å². The largest absolute Gasteiger partial charge is 0.392 e. The molecule has 4 heteroatoms. The second-order valence-electron chi connectivity index (χ2n) is 6.65. The quantitative estimate of drug-likeness (QED) is 0.758. The van der Waals surface area contributed by atoms with E-state index in [1.807, 2.05) is 6.92 Å². The van der Waals surface area contributed by atoms with Gasteiger partial charge in [0.15, 0.2) is 0 Å². The first-order valence-electron chi connectivity index (χ1n) is 8.32. The lowest BCUT2D eigenvalue weighted by molar-refractivity contribution is -0.199. The van der Waals surface area contributed by atoms with E-state index in [9.17, 15) is 13.2 Å². The molecule has 2 aliphatic rings. The molecule has 2 rings (SSSR count). The van der Waals surface area contributed by atoms with Crippen molar-refractivity contribution < 1.29 is 13.2 Å². The standard InChI is InChI=1S/C16H28F3N/c1-2-20-15(11-12-7-3-4-8-12)13-9-5-6-10-14(13)16(17,18)19/h12-15,20H,2-11H2,1H3. The van der Waals surface area contributed by atoms with Crippen molar-refractivity contribution >= 4 is 0 Å². The topological polar surface area (TPSA) is 12.0 Å². The van der Waals surface area contributed by atoms with Crippen molar-refractivity contribution in [3.63, 3.8) is 0 Å². The number of alkyl halides is 3. The van der Waals surface area contributed by atoms with E-state index >= 15 is 0 Å². The molecule has 1 nitrogen and oxygen atoms in total. The Balaban J connectivity index is 2.04. The SMILES string of the molecule is CCNC(CC1CCCC1)C1CCCCC1C(F)(F)F. The van der Waals surface area contributed by atoms with Crippen LogP contribution in [0.3, 0.4) is 0 Å². The molecule has 2 aliphatic carbocycles. The molecule has 0 bridgehead atoms. The van der Waals surface area contributed by atoms with Crippen LogP contribution in [0.4, 0.5) is 13.2 Å². The monoisotopic (exact) mass is 291 g/mol. The predicted molar refractivity (Wildman–Crippen MR) is 75.5 cm³/mol. The molecule has 3 unspecified atom stereocenters. The van der Waals surface area contributed by atoms with Crippen molar-refractivity contribution in [2.45, 2.75) is 76.9 Å². The second-order valence-corrected chi connectivity index (χ2v) is 6.65. The molecular formula is C16H28F3N. The maximum absolute atomic E-state index is 13.3. The van der Waals surface area contributed by atoms with Crippen LogP contribution < -0.4 is 5.32 Å². The molecule has 0 heterocycles. The van der Waals surface area contributed by atoms with Crippen molar-refractivity contribution in [2.75, 3.05) is 6.54 Å². The summed E-state index contributed by atoms with van der Waals surface area (Å²) < 4.78 is 39.8. The summed E-state index contributed by atoms with van der Waals surface area (Å²) in [6.07, 6.45) is 4.66. The highest BCUT2D eigenvalue weighted by atomic mass is 19.4. The molecule has 118 valence electrons. The Hall–Kier alpha value is -0.250. The van der Waals surface area contributed by atoms with Gasteiger partial charge in [-0.25, -0.2) is 0 Å². The fourth-order valence-electron chi connectivity index (χ4n) is 4.32. The van der Waals surface area contributed by atoms with Crippen LogP contribution in [0.1, 0.15) is 64.7 Å². The van der Waals surface area contributed by atoms with Gasteiger partial charge in [-0.1, -0.05) is 45.4 Å². The Morgan fingerprint density at radius 2 is 1.60 bits per heavy atom. The van der Waals surface area contributed by atoms with Gasteiger partial charge in [0.1, 0.15) is 0 Å². The van der Waals surface area contributed by atoms with E-state index in [1.54, 1.807) is 0 Å². The zero-order chi connectivity index (χ0) is 14.6. The Bertz CT molecular complexity index is 284. The minimum absolute atomic E-state index is 0.0648. The highest BCUT2D eigenvalue weighted by Crippen LogP contribution is 2.44. The van der Waals surface area contributed by atoms with E-state index in [-0.39, 0.29) is 12.0 Å². The Morgan fingerprint density at radius 3 is 2.20 bits per heavy atom. The molecule has 1 N–H and O–H groups in total. The van der Waals surface area contributed by atoms with Gasteiger partial charge in [-0.3, -0.25) is 0 Å². The third kappa shape index (κ3) is 4.12. The zero-order valence-electron chi connectivity index (χ0n) is 12.5. The molecule has 0 amide bonds. The lowest BCUT2D eigenvalue weighted by Gasteiger charge is -2.39. The summed E-state index contributed by atoms with van der Waals surface area (Å²) in [5.41, 5.74) is 0. The molecule has 0 aromatic carbocycles. The van der Waals surface area contributed by atoms with Gasteiger partial charge in [0.25, 0.3) is 0 Å². The first-order valence-corrected chi connectivity index (χ1v) is 8.32. The van der Waals surface area contributed by atoms with E-state index in [1.165, 1.54) is 25.7 Å². The van der Waals surface area contributed by atoms with Gasteiger partial charge in [0.05, 0.1) is 5.92 Å². The zero-order valence-corrected chi connectivity index (χ0v) is 12.5. The fourth-order valence-corrected chi connectivity index (χ4v) is 4.32. The van der Waals surface area contributed by atoms with Crippen LogP contribution >= 0.6 is 0 Å². The fraction of sp³-hybridized carbons (Fsp3) is 1.00. The van der Waals surface area contributed by atoms with Crippen molar-refractivity contribution in [1.82, 2.24) is 5.32 Å². The van der Waals surface area contributed by atoms with Crippen molar-refractivity contribution in [2.24, 2.45) is 17.8 Å². The lowest BCUT2D eigenvalue weighted by Crippen LogP contribution is -2.46. The van der Waals surface area contributed by atoms with E-state index < -0.39 is 12.1 Å². The molecule has 2 saturated carbocycles. The Kier molecular flexibility index (Phi) is 5.76. The smallest absolute Gasteiger partial charge is 0.314 e. The normalized spacial score (nSPS) is 30.6. The van der Waals surface area contributed by atoms with Crippen LogP contribution in [0.25, 0.3) is 0 Å².